The summed E-state index contributed by atoms with van der Waals surface area (Å²) in [5.74, 6) is -0.825. The highest BCUT2D eigenvalue weighted by molar-refractivity contribution is 7.91. The van der Waals surface area contributed by atoms with Gasteiger partial charge in [-0.3, -0.25) is 4.79 Å². The van der Waals surface area contributed by atoms with Gasteiger partial charge in [0, 0.05) is 18.1 Å². The summed E-state index contributed by atoms with van der Waals surface area (Å²) < 4.78 is 26.0. The number of phenolic OH excluding ortho intramolecular Hbond substituents is 1. The number of aliphatic hydroxyl groups is 1. The van der Waals surface area contributed by atoms with Crippen LogP contribution in [0.2, 0.25) is 5.02 Å². The molecule has 0 saturated carbocycles. The van der Waals surface area contributed by atoms with Crippen LogP contribution in [-0.4, -0.2) is 44.2 Å². The molecule has 0 fully saturated rings. The summed E-state index contributed by atoms with van der Waals surface area (Å²) in [4.78, 5) is 12.1. The van der Waals surface area contributed by atoms with E-state index in [0.29, 0.717) is 31.1 Å². The third-order valence-electron chi connectivity index (χ3n) is 5.26. The highest BCUT2D eigenvalue weighted by Crippen LogP contribution is 2.26. The maximum atomic E-state index is 13.0. The standard InChI is InChI=1S/C25H27ClN2O5S.ClH/c1-2-28-25(31)22-15-21(10-11-23(22)29)34(32,33)20-8-6-17(7-9-20)12-13-27-16-24(30)18-4-3-5-19(26)14-18;/h3-11,14-15,24,27,29-30H,2,12-13,16H2,1H3,(H,28,31);1H/t24-;/m0./s1. The van der Waals surface area contributed by atoms with Crippen LogP contribution in [0.3, 0.4) is 0 Å². The average Bonchev–Trinajstić information content (AvgIpc) is 2.82. The molecule has 0 saturated heterocycles. The minimum Gasteiger partial charge on any atom is -0.507 e. The molecule has 3 rings (SSSR count). The van der Waals surface area contributed by atoms with Gasteiger partial charge >= 0.3 is 0 Å². The fourth-order valence-electron chi connectivity index (χ4n) is 3.39. The van der Waals surface area contributed by atoms with Crippen LogP contribution in [-0.2, 0) is 16.3 Å². The molecule has 3 aromatic rings. The molecule has 0 aliphatic carbocycles. The summed E-state index contributed by atoms with van der Waals surface area (Å²) >= 11 is 5.95. The zero-order valence-electron chi connectivity index (χ0n) is 19.1. The molecule has 0 radical (unpaired) electrons. The molecule has 1 atom stereocenters. The second-order valence-corrected chi connectivity index (χ2v) is 10.1. The van der Waals surface area contributed by atoms with E-state index in [4.69, 9.17) is 11.6 Å². The van der Waals surface area contributed by atoms with Gasteiger partial charge in [0.05, 0.1) is 21.5 Å². The summed E-state index contributed by atoms with van der Waals surface area (Å²) in [5, 5.41) is 26.5. The van der Waals surface area contributed by atoms with Crippen molar-refractivity contribution in [2.75, 3.05) is 19.6 Å². The van der Waals surface area contributed by atoms with E-state index in [1.165, 1.54) is 30.3 Å². The van der Waals surface area contributed by atoms with Crippen molar-refractivity contribution < 1.29 is 23.4 Å². The summed E-state index contributed by atoms with van der Waals surface area (Å²) in [7, 11) is -3.86. The third kappa shape index (κ3) is 7.43. The van der Waals surface area contributed by atoms with Crippen LogP contribution in [0.15, 0.2) is 76.5 Å². The summed E-state index contributed by atoms with van der Waals surface area (Å²) in [6, 6.07) is 17.2. The Hall–Kier alpha value is -2.62. The van der Waals surface area contributed by atoms with E-state index in [1.807, 2.05) is 6.07 Å². The number of rotatable bonds is 10. The first kappa shape index (κ1) is 28.6. The zero-order chi connectivity index (χ0) is 24.7. The molecule has 0 unspecified atom stereocenters. The topological polar surface area (TPSA) is 116 Å². The van der Waals surface area contributed by atoms with E-state index < -0.39 is 21.8 Å². The molecule has 10 heteroatoms. The lowest BCUT2D eigenvalue weighted by molar-refractivity contribution is 0.0953. The number of carbonyl (C=O) groups is 1. The summed E-state index contributed by atoms with van der Waals surface area (Å²) in [5.41, 5.74) is 1.57. The maximum absolute atomic E-state index is 13.0. The number of aliphatic hydroxyl groups excluding tert-OH is 1. The Kier molecular flexibility index (Phi) is 10.5. The van der Waals surface area contributed by atoms with Gasteiger partial charge in [0.1, 0.15) is 5.75 Å². The fraction of sp³-hybridized carbons (Fsp3) is 0.240. The minimum absolute atomic E-state index is 0. The Balaban J connectivity index is 0.00000432. The summed E-state index contributed by atoms with van der Waals surface area (Å²) in [6.07, 6.45) is -0.0378. The molecule has 1 amide bonds. The van der Waals surface area contributed by atoms with Gasteiger partial charge in [-0.25, -0.2) is 8.42 Å². The first-order valence-corrected chi connectivity index (χ1v) is 12.7. The zero-order valence-corrected chi connectivity index (χ0v) is 21.5. The number of benzene rings is 3. The van der Waals surface area contributed by atoms with Crippen LogP contribution < -0.4 is 10.6 Å². The Bertz CT molecular complexity index is 1250. The number of hydrogen-bond acceptors (Lipinski definition) is 6. The molecular weight excluding hydrogens is 511 g/mol. The number of aromatic hydroxyl groups is 1. The van der Waals surface area contributed by atoms with Gasteiger partial charge in [-0.1, -0.05) is 35.9 Å². The molecule has 4 N–H and O–H groups in total. The smallest absolute Gasteiger partial charge is 0.255 e. The number of amides is 1. The van der Waals surface area contributed by atoms with Crippen molar-refractivity contribution in [2.24, 2.45) is 0 Å². The van der Waals surface area contributed by atoms with Crippen molar-refractivity contribution in [3.8, 4) is 5.75 Å². The van der Waals surface area contributed by atoms with Crippen LogP contribution in [0.25, 0.3) is 0 Å². The number of carbonyl (C=O) groups excluding carboxylic acids is 1. The minimum atomic E-state index is -3.86. The van der Waals surface area contributed by atoms with Crippen molar-refractivity contribution in [1.82, 2.24) is 10.6 Å². The Morgan fingerprint density at radius 1 is 1.03 bits per heavy atom. The Morgan fingerprint density at radius 2 is 1.71 bits per heavy atom. The van der Waals surface area contributed by atoms with Gasteiger partial charge in [-0.2, -0.15) is 0 Å². The SMILES string of the molecule is CCNC(=O)c1cc(S(=O)(=O)c2ccc(CCNC[C@H](O)c3cccc(Cl)c3)cc2)ccc1O.Cl. The number of hydrogen-bond donors (Lipinski definition) is 4. The van der Waals surface area contributed by atoms with E-state index >= 15 is 0 Å². The van der Waals surface area contributed by atoms with Crippen LogP contribution in [0.4, 0.5) is 0 Å². The van der Waals surface area contributed by atoms with Crippen molar-refractivity contribution in [1.29, 1.82) is 0 Å². The second-order valence-electron chi connectivity index (χ2n) is 7.71. The van der Waals surface area contributed by atoms with Crippen molar-refractivity contribution >= 4 is 39.8 Å². The predicted molar refractivity (Wildman–Crippen MR) is 138 cm³/mol. The number of nitrogens with one attached hydrogen (secondary N) is 2. The molecule has 0 aromatic heterocycles. The monoisotopic (exact) mass is 538 g/mol. The maximum Gasteiger partial charge on any atom is 0.255 e. The fourth-order valence-corrected chi connectivity index (χ4v) is 4.88. The van der Waals surface area contributed by atoms with Gasteiger partial charge < -0.3 is 20.8 Å². The van der Waals surface area contributed by atoms with Gasteiger partial charge in [0.25, 0.3) is 5.91 Å². The Labute approximate surface area is 216 Å². The molecule has 35 heavy (non-hydrogen) atoms. The van der Waals surface area contributed by atoms with E-state index in [2.05, 4.69) is 10.6 Å². The molecule has 0 heterocycles. The molecule has 7 nitrogen and oxygen atoms in total. The van der Waals surface area contributed by atoms with Crippen molar-refractivity contribution in [2.45, 2.75) is 29.2 Å². The van der Waals surface area contributed by atoms with Crippen LogP contribution in [0, 0.1) is 0 Å². The van der Waals surface area contributed by atoms with Gasteiger partial charge in [-0.15, -0.1) is 12.4 Å². The largest absolute Gasteiger partial charge is 0.507 e. The molecule has 0 aliphatic heterocycles. The molecule has 0 spiro atoms. The van der Waals surface area contributed by atoms with Crippen LogP contribution in [0.5, 0.6) is 5.75 Å². The normalized spacial score (nSPS) is 12.0. The first-order valence-electron chi connectivity index (χ1n) is 10.8. The van der Waals surface area contributed by atoms with E-state index in [-0.39, 0.29) is 33.5 Å². The van der Waals surface area contributed by atoms with E-state index in [0.717, 1.165) is 11.1 Å². The average molecular weight is 539 g/mol. The molecule has 0 bridgehead atoms. The van der Waals surface area contributed by atoms with Crippen LogP contribution >= 0.6 is 24.0 Å². The highest BCUT2D eigenvalue weighted by Gasteiger charge is 2.21. The van der Waals surface area contributed by atoms with Gasteiger partial charge in [-0.05, 0) is 73.5 Å². The predicted octanol–water partition coefficient (Wildman–Crippen LogP) is 3.92. The van der Waals surface area contributed by atoms with Gasteiger partial charge in [0.15, 0.2) is 0 Å². The number of sulfone groups is 1. The van der Waals surface area contributed by atoms with Gasteiger partial charge in [0.2, 0.25) is 9.84 Å². The van der Waals surface area contributed by atoms with Crippen LogP contribution in [0.1, 0.15) is 34.5 Å². The lowest BCUT2D eigenvalue weighted by atomic mass is 10.1. The molecular formula is C25H28Cl2N2O5S. The lowest BCUT2D eigenvalue weighted by Crippen LogP contribution is -2.23. The van der Waals surface area contributed by atoms with E-state index in [1.54, 1.807) is 37.3 Å². The molecule has 0 aliphatic rings. The van der Waals surface area contributed by atoms with Crippen molar-refractivity contribution in [3.63, 3.8) is 0 Å². The number of halogens is 2. The summed E-state index contributed by atoms with van der Waals surface area (Å²) in [6.45, 7) is 3.04. The number of phenols is 1. The highest BCUT2D eigenvalue weighted by atomic mass is 35.5. The van der Waals surface area contributed by atoms with Crippen molar-refractivity contribution in [3.05, 3.63) is 88.4 Å². The Morgan fingerprint density at radius 3 is 2.37 bits per heavy atom. The van der Waals surface area contributed by atoms with E-state index in [9.17, 15) is 23.4 Å². The lowest BCUT2D eigenvalue weighted by Gasteiger charge is -2.13. The first-order chi connectivity index (χ1) is 16.2. The quantitative estimate of drug-likeness (QED) is 0.291. The molecule has 3 aromatic carbocycles. The third-order valence-corrected chi connectivity index (χ3v) is 7.26. The second kappa shape index (κ2) is 12.9. The molecule has 188 valence electrons.